The first-order chi connectivity index (χ1) is 7.79. The van der Waals surface area contributed by atoms with E-state index < -0.39 is 0 Å². The summed E-state index contributed by atoms with van der Waals surface area (Å²) in [6.45, 7) is 2.04. The number of hydrogen-bond acceptors (Lipinski definition) is 2. The number of imidazole rings is 1. The lowest BCUT2D eigenvalue weighted by atomic mass is 10.2. The predicted molar refractivity (Wildman–Crippen MR) is 61.7 cm³/mol. The van der Waals surface area contributed by atoms with Crippen molar-refractivity contribution in [2.45, 2.75) is 32.1 Å². The number of carbonyl (C=O) groups excluding carboxylic acids is 1. The average molecular weight is 214 g/mol. The lowest BCUT2D eigenvalue weighted by Gasteiger charge is -2.01. The van der Waals surface area contributed by atoms with Crippen molar-refractivity contribution in [1.82, 2.24) is 9.38 Å². The maximum absolute atomic E-state index is 10.5. The Morgan fingerprint density at radius 2 is 2.31 bits per heavy atom. The minimum atomic E-state index is 0.483. The second-order valence-corrected chi connectivity index (χ2v) is 4.49. The van der Waals surface area contributed by atoms with E-state index in [0.717, 1.165) is 23.1 Å². The molecule has 3 rings (SSSR count). The lowest BCUT2D eigenvalue weighted by molar-refractivity contribution is -0.107. The summed E-state index contributed by atoms with van der Waals surface area (Å²) in [6.07, 6.45) is 5.98. The Labute approximate surface area is 94.1 Å². The van der Waals surface area contributed by atoms with Crippen LogP contribution in [0.15, 0.2) is 18.3 Å². The highest BCUT2D eigenvalue weighted by Gasteiger charge is 2.28. The van der Waals surface area contributed by atoms with E-state index in [0.29, 0.717) is 12.3 Å². The van der Waals surface area contributed by atoms with Gasteiger partial charge in [-0.05, 0) is 31.4 Å². The molecule has 2 heterocycles. The predicted octanol–water partition coefficient (Wildman–Crippen LogP) is 2.26. The van der Waals surface area contributed by atoms with E-state index in [1.807, 2.05) is 13.0 Å². The molecule has 1 fully saturated rings. The maximum Gasteiger partial charge on any atom is 0.124 e. The minimum absolute atomic E-state index is 0.483. The van der Waals surface area contributed by atoms with Crippen LogP contribution in [0.2, 0.25) is 0 Å². The Morgan fingerprint density at radius 3 is 3.00 bits per heavy atom. The molecule has 2 aromatic rings. The van der Waals surface area contributed by atoms with Crippen LogP contribution < -0.4 is 0 Å². The molecule has 0 bridgehead atoms. The summed E-state index contributed by atoms with van der Waals surface area (Å²) >= 11 is 0. The highest BCUT2D eigenvalue weighted by molar-refractivity contribution is 5.58. The average Bonchev–Trinajstić information content (AvgIpc) is 3.06. The molecular weight excluding hydrogens is 200 g/mol. The zero-order chi connectivity index (χ0) is 11.1. The molecule has 0 aromatic carbocycles. The monoisotopic (exact) mass is 214 g/mol. The summed E-state index contributed by atoms with van der Waals surface area (Å²) in [5, 5.41) is 0. The molecule has 1 saturated carbocycles. The fourth-order valence-electron chi connectivity index (χ4n) is 2.16. The molecule has 2 aromatic heterocycles. The molecule has 0 N–H and O–H groups in total. The summed E-state index contributed by atoms with van der Waals surface area (Å²) in [5.74, 6) is 1.80. The van der Waals surface area contributed by atoms with E-state index >= 15 is 0 Å². The van der Waals surface area contributed by atoms with Crippen molar-refractivity contribution in [2.75, 3.05) is 0 Å². The molecule has 82 valence electrons. The molecule has 0 aliphatic heterocycles. The first-order valence-electron chi connectivity index (χ1n) is 5.70. The van der Waals surface area contributed by atoms with Crippen LogP contribution in [-0.4, -0.2) is 15.7 Å². The molecule has 0 radical (unpaired) electrons. The van der Waals surface area contributed by atoms with Crippen LogP contribution >= 0.6 is 0 Å². The van der Waals surface area contributed by atoms with Gasteiger partial charge in [0, 0.05) is 18.5 Å². The molecule has 0 spiro atoms. The Morgan fingerprint density at radius 1 is 1.50 bits per heavy atom. The van der Waals surface area contributed by atoms with Gasteiger partial charge < -0.3 is 9.20 Å². The van der Waals surface area contributed by atoms with Crippen molar-refractivity contribution in [1.29, 1.82) is 0 Å². The molecule has 0 atom stereocenters. The van der Waals surface area contributed by atoms with Gasteiger partial charge in [-0.15, -0.1) is 0 Å². The highest BCUT2D eigenvalue weighted by Crippen LogP contribution is 2.39. The van der Waals surface area contributed by atoms with Crippen molar-refractivity contribution in [3.05, 3.63) is 35.4 Å². The SMILES string of the molecule is Cc1nc(C2CC2)n2cc(CC=O)ccc12. The number of hydrogen-bond donors (Lipinski definition) is 0. The first kappa shape index (κ1) is 9.58. The Hall–Kier alpha value is -1.64. The van der Waals surface area contributed by atoms with E-state index in [1.54, 1.807) is 0 Å². The fraction of sp³-hybridized carbons (Fsp3) is 0.385. The maximum atomic E-state index is 10.5. The van der Waals surface area contributed by atoms with Crippen LogP contribution in [-0.2, 0) is 11.2 Å². The van der Waals surface area contributed by atoms with Crippen LogP contribution in [0, 0.1) is 6.92 Å². The Bertz CT molecular complexity index is 552. The third kappa shape index (κ3) is 1.43. The summed E-state index contributed by atoms with van der Waals surface area (Å²) in [4.78, 5) is 15.1. The van der Waals surface area contributed by atoms with Crippen molar-refractivity contribution in [3.8, 4) is 0 Å². The van der Waals surface area contributed by atoms with E-state index in [1.165, 1.54) is 18.7 Å². The van der Waals surface area contributed by atoms with Gasteiger partial charge in [0.15, 0.2) is 0 Å². The number of rotatable bonds is 3. The second kappa shape index (κ2) is 3.44. The van der Waals surface area contributed by atoms with Gasteiger partial charge in [-0.25, -0.2) is 4.98 Å². The molecule has 3 heteroatoms. The zero-order valence-corrected chi connectivity index (χ0v) is 9.31. The quantitative estimate of drug-likeness (QED) is 0.734. The Balaban J connectivity index is 2.18. The van der Waals surface area contributed by atoms with E-state index in [2.05, 4.69) is 21.6 Å². The van der Waals surface area contributed by atoms with Crippen LogP contribution in [0.5, 0.6) is 0 Å². The van der Waals surface area contributed by atoms with Crippen LogP contribution in [0.4, 0.5) is 0 Å². The van der Waals surface area contributed by atoms with Gasteiger partial charge in [0.1, 0.15) is 12.1 Å². The highest BCUT2D eigenvalue weighted by atomic mass is 16.1. The van der Waals surface area contributed by atoms with Crippen molar-refractivity contribution in [2.24, 2.45) is 0 Å². The molecule has 3 nitrogen and oxygen atoms in total. The van der Waals surface area contributed by atoms with E-state index in [4.69, 9.17) is 0 Å². The van der Waals surface area contributed by atoms with Gasteiger partial charge in [-0.1, -0.05) is 6.07 Å². The smallest absolute Gasteiger partial charge is 0.124 e. The number of pyridine rings is 1. The molecule has 16 heavy (non-hydrogen) atoms. The molecule has 1 aliphatic carbocycles. The van der Waals surface area contributed by atoms with Crippen molar-refractivity contribution < 1.29 is 4.79 Å². The number of aromatic nitrogens is 2. The van der Waals surface area contributed by atoms with Crippen molar-refractivity contribution >= 4 is 11.8 Å². The summed E-state index contributed by atoms with van der Waals surface area (Å²) < 4.78 is 2.16. The topological polar surface area (TPSA) is 34.4 Å². The van der Waals surface area contributed by atoms with Crippen LogP contribution in [0.1, 0.15) is 35.8 Å². The number of aryl methyl sites for hydroxylation is 1. The largest absolute Gasteiger partial charge is 0.303 e. The van der Waals surface area contributed by atoms with Gasteiger partial charge in [0.25, 0.3) is 0 Å². The summed E-state index contributed by atoms with van der Waals surface area (Å²) in [6, 6.07) is 4.07. The standard InChI is InChI=1S/C13H14N2O/c1-9-12-5-2-10(6-7-16)8-15(12)13(14-9)11-3-4-11/h2,5,7-8,11H,3-4,6H2,1H3. The van der Waals surface area contributed by atoms with E-state index in [-0.39, 0.29) is 0 Å². The number of fused-ring (bicyclic) bond motifs is 1. The Kier molecular flexibility index (Phi) is 2.06. The minimum Gasteiger partial charge on any atom is -0.303 e. The number of aldehydes is 1. The van der Waals surface area contributed by atoms with Crippen LogP contribution in [0.25, 0.3) is 5.52 Å². The van der Waals surface area contributed by atoms with Gasteiger partial charge in [0.2, 0.25) is 0 Å². The lowest BCUT2D eigenvalue weighted by Crippen LogP contribution is -1.95. The second-order valence-electron chi connectivity index (χ2n) is 4.49. The van der Waals surface area contributed by atoms with E-state index in [9.17, 15) is 4.79 Å². The summed E-state index contributed by atoms with van der Waals surface area (Å²) in [7, 11) is 0. The molecule has 1 aliphatic rings. The molecule has 0 amide bonds. The first-order valence-corrected chi connectivity index (χ1v) is 5.70. The molecule has 0 saturated heterocycles. The molecule has 0 unspecified atom stereocenters. The third-order valence-corrected chi connectivity index (χ3v) is 3.17. The molecular formula is C13H14N2O. The summed E-state index contributed by atoms with van der Waals surface area (Å²) in [5.41, 5.74) is 3.30. The third-order valence-electron chi connectivity index (χ3n) is 3.17. The fourth-order valence-corrected chi connectivity index (χ4v) is 2.16. The van der Waals surface area contributed by atoms with Crippen molar-refractivity contribution in [3.63, 3.8) is 0 Å². The van der Waals surface area contributed by atoms with Gasteiger partial charge >= 0.3 is 0 Å². The number of carbonyl (C=O) groups is 1. The van der Waals surface area contributed by atoms with Crippen LogP contribution in [0.3, 0.4) is 0 Å². The zero-order valence-electron chi connectivity index (χ0n) is 9.31. The van der Waals surface area contributed by atoms with Gasteiger partial charge in [-0.2, -0.15) is 0 Å². The number of nitrogens with zero attached hydrogens (tertiary/aromatic N) is 2. The van der Waals surface area contributed by atoms with Gasteiger partial charge in [0.05, 0.1) is 11.2 Å². The normalized spacial score (nSPS) is 15.6. The van der Waals surface area contributed by atoms with Gasteiger partial charge in [-0.3, -0.25) is 0 Å².